The zero-order valence-electron chi connectivity index (χ0n) is 24.6. The maximum atomic E-state index is 15.0. The summed E-state index contributed by atoms with van der Waals surface area (Å²) >= 11 is 0. The number of carbonyl (C=O) groups is 1. The maximum absolute atomic E-state index is 15.0. The highest BCUT2D eigenvalue weighted by Crippen LogP contribution is 2.36. The van der Waals surface area contributed by atoms with Gasteiger partial charge in [-0.05, 0) is 99.4 Å². The number of hydrogen-bond donors (Lipinski definition) is 1. The van der Waals surface area contributed by atoms with Crippen molar-refractivity contribution in [3.63, 3.8) is 0 Å². The molecule has 1 aliphatic carbocycles. The summed E-state index contributed by atoms with van der Waals surface area (Å²) in [6, 6.07) is 8.39. The quantitative estimate of drug-likeness (QED) is 0.284. The molecule has 8 nitrogen and oxygen atoms in total. The lowest BCUT2D eigenvalue weighted by atomic mass is 9.87. The smallest absolute Gasteiger partial charge is 0.244 e. The number of aryl methyl sites for hydroxylation is 3. The molecule has 1 unspecified atom stereocenters. The molecule has 12 heteroatoms. The van der Waals surface area contributed by atoms with Gasteiger partial charge in [0.05, 0.1) is 17.1 Å². The summed E-state index contributed by atoms with van der Waals surface area (Å²) in [6.45, 7) is 5.61. The number of anilines is 1. The molecule has 3 aromatic carbocycles. The molecule has 4 aromatic rings. The Hall–Kier alpha value is -4.03. The Morgan fingerprint density at radius 3 is 2.45 bits per heavy atom. The predicted molar refractivity (Wildman–Crippen MR) is 159 cm³/mol. The number of benzene rings is 3. The number of sulfonamides is 1. The number of hydrogen-bond acceptors (Lipinski definition) is 5. The normalized spacial score (nSPS) is 18.8. The zero-order valence-corrected chi connectivity index (χ0v) is 25.4. The standard InChI is InChI=1S/C32H32F3N5O3S/c1-18-12-19(2)31(20(3)13-18)44(42,43)40-11-5-8-30(40)32(41)36-22-9-10-26(34)25(16-22)28-17-39(38-37-28)29-7-4-6-23-24(29)14-21(33)15-27(23)35/h9-10,12-17,29-30H,4-8,11H2,1-3H3,(H,36,41)/t29-,30?/m1/s1. The van der Waals surface area contributed by atoms with E-state index in [1.54, 1.807) is 13.8 Å². The van der Waals surface area contributed by atoms with Crippen molar-refractivity contribution < 1.29 is 26.4 Å². The highest BCUT2D eigenvalue weighted by atomic mass is 32.2. The molecule has 1 fully saturated rings. The van der Waals surface area contributed by atoms with Crippen molar-refractivity contribution in [3.8, 4) is 11.3 Å². The van der Waals surface area contributed by atoms with Gasteiger partial charge in [-0.15, -0.1) is 5.10 Å². The third kappa shape index (κ3) is 5.41. The summed E-state index contributed by atoms with van der Waals surface area (Å²) in [5, 5.41) is 11.0. The van der Waals surface area contributed by atoms with E-state index in [2.05, 4.69) is 15.6 Å². The lowest BCUT2D eigenvalue weighted by Crippen LogP contribution is -2.43. The van der Waals surface area contributed by atoms with E-state index in [0.29, 0.717) is 54.4 Å². The largest absolute Gasteiger partial charge is 0.325 e. The van der Waals surface area contributed by atoms with Crippen LogP contribution in [0.25, 0.3) is 11.3 Å². The average molecular weight is 624 g/mol. The minimum absolute atomic E-state index is 0.0670. The van der Waals surface area contributed by atoms with Crippen LogP contribution in [0.1, 0.15) is 59.5 Å². The van der Waals surface area contributed by atoms with E-state index >= 15 is 4.39 Å². The van der Waals surface area contributed by atoms with E-state index in [-0.39, 0.29) is 28.4 Å². The van der Waals surface area contributed by atoms with Gasteiger partial charge in [-0.1, -0.05) is 22.9 Å². The van der Waals surface area contributed by atoms with Gasteiger partial charge >= 0.3 is 0 Å². The predicted octanol–water partition coefficient (Wildman–Crippen LogP) is 6.01. The molecule has 0 spiro atoms. The molecule has 1 aliphatic heterocycles. The highest BCUT2D eigenvalue weighted by molar-refractivity contribution is 7.89. The van der Waals surface area contributed by atoms with Crippen LogP contribution in [0, 0.1) is 38.2 Å². The maximum Gasteiger partial charge on any atom is 0.244 e. The SMILES string of the molecule is Cc1cc(C)c(S(=O)(=O)N2CCCC2C(=O)Nc2ccc(F)c(-c3cn([C@@H]4CCCc5c(F)cc(F)cc54)nn3)c2)c(C)c1. The molecule has 2 aliphatic rings. The first-order valence-electron chi connectivity index (χ1n) is 14.5. The summed E-state index contributed by atoms with van der Waals surface area (Å²) in [6.07, 6.45) is 4.13. The molecule has 0 bridgehead atoms. The Morgan fingerprint density at radius 1 is 0.955 bits per heavy atom. The molecule has 0 radical (unpaired) electrons. The fraction of sp³-hybridized carbons (Fsp3) is 0.344. The van der Waals surface area contributed by atoms with Crippen molar-refractivity contribution in [2.45, 2.75) is 69.9 Å². The van der Waals surface area contributed by atoms with Gasteiger partial charge in [-0.25, -0.2) is 26.3 Å². The van der Waals surface area contributed by atoms with E-state index in [1.807, 2.05) is 19.1 Å². The van der Waals surface area contributed by atoms with Crippen LogP contribution in [0.4, 0.5) is 18.9 Å². The lowest BCUT2D eigenvalue weighted by molar-refractivity contribution is -0.119. The van der Waals surface area contributed by atoms with Crippen LogP contribution >= 0.6 is 0 Å². The Morgan fingerprint density at radius 2 is 1.70 bits per heavy atom. The zero-order chi connectivity index (χ0) is 31.3. The van der Waals surface area contributed by atoms with Gasteiger partial charge in [0, 0.05) is 23.9 Å². The topological polar surface area (TPSA) is 97.2 Å². The number of nitrogens with one attached hydrogen (secondary N) is 1. The monoisotopic (exact) mass is 623 g/mol. The van der Waals surface area contributed by atoms with Crippen LogP contribution in [0.15, 0.2) is 53.6 Å². The van der Waals surface area contributed by atoms with Crippen molar-refractivity contribution in [1.82, 2.24) is 19.3 Å². The first-order chi connectivity index (χ1) is 20.9. The average Bonchev–Trinajstić information content (AvgIpc) is 3.64. The molecular formula is C32H32F3N5O3S. The van der Waals surface area contributed by atoms with Crippen molar-refractivity contribution in [1.29, 1.82) is 0 Å². The fourth-order valence-corrected chi connectivity index (χ4v) is 8.72. The molecule has 1 N–H and O–H groups in total. The minimum atomic E-state index is -3.95. The molecule has 6 rings (SSSR count). The van der Waals surface area contributed by atoms with Crippen LogP contribution in [-0.4, -0.2) is 46.2 Å². The van der Waals surface area contributed by atoms with Crippen molar-refractivity contribution in [2.24, 2.45) is 0 Å². The summed E-state index contributed by atoms with van der Waals surface area (Å²) in [5.74, 6) is -2.40. The second-order valence-electron chi connectivity index (χ2n) is 11.6. The van der Waals surface area contributed by atoms with Crippen LogP contribution in [0.5, 0.6) is 0 Å². The second-order valence-corrected chi connectivity index (χ2v) is 13.5. The van der Waals surface area contributed by atoms with Gasteiger partial charge < -0.3 is 5.32 Å². The van der Waals surface area contributed by atoms with E-state index < -0.39 is 45.5 Å². The van der Waals surface area contributed by atoms with Gasteiger partial charge in [-0.2, -0.15) is 4.31 Å². The first-order valence-corrected chi connectivity index (χ1v) is 16.0. The molecule has 1 saturated heterocycles. The third-order valence-electron chi connectivity index (χ3n) is 8.48. The molecule has 230 valence electrons. The number of aromatic nitrogens is 3. The van der Waals surface area contributed by atoms with Gasteiger partial charge in [0.2, 0.25) is 15.9 Å². The van der Waals surface area contributed by atoms with E-state index in [0.717, 1.165) is 11.6 Å². The molecule has 2 heterocycles. The fourth-order valence-electron chi connectivity index (χ4n) is 6.65. The van der Waals surface area contributed by atoms with Crippen molar-refractivity contribution in [2.75, 3.05) is 11.9 Å². The molecule has 1 amide bonds. The van der Waals surface area contributed by atoms with Crippen LogP contribution in [0.3, 0.4) is 0 Å². The third-order valence-corrected chi connectivity index (χ3v) is 10.7. The van der Waals surface area contributed by atoms with Gasteiger partial charge in [-0.3, -0.25) is 4.79 Å². The van der Waals surface area contributed by atoms with E-state index in [4.69, 9.17) is 0 Å². The molecular weight excluding hydrogens is 591 g/mol. The van der Waals surface area contributed by atoms with Crippen LogP contribution in [0.2, 0.25) is 0 Å². The Kier molecular flexibility index (Phi) is 7.83. The summed E-state index contributed by atoms with van der Waals surface area (Å²) in [4.78, 5) is 13.6. The summed E-state index contributed by atoms with van der Waals surface area (Å²) in [7, 11) is -3.95. The first kappa shape index (κ1) is 30.0. The molecule has 2 atom stereocenters. The van der Waals surface area contributed by atoms with Gasteiger partial charge in [0.1, 0.15) is 29.2 Å². The number of fused-ring (bicyclic) bond motifs is 1. The second kappa shape index (κ2) is 11.5. The van der Waals surface area contributed by atoms with Crippen molar-refractivity contribution in [3.05, 3.63) is 93.9 Å². The number of amides is 1. The lowest BCUT2D eigenvalue weighted by Gasteiger charge is -2.25. The van der Waals surface area contributed by atoms with E-state index in [1.165, 1.54) is 39.4 Å². The number of halogens is 3. The molecule has 1 aromatic heterocycles. The van der Waals surface area contributed by atoms with Crippen molar-refractivity contribution >= 4 is 21.6 Å². The van der Waals surface area contributed by atoms with E-state index in [9.17, 15) is 22.0 Å². The highest BCUT2D eigenvalue weighted by Gasteiger charge is 2.40. The Bertz CT molecular complexity index is 1870. The Labute approximate surface area is 253 Å². The number of rotatable bonds is 6. The minimum Gasteiger partial charge on any atom is -0.325 e. The Balaban J connectivity index is 1.24. The molecule has 0 saturated carbocycles. The number of carbonyl (C=O) groups excluding carboxylic acids is 1. The summed E-state index contributed by atoms with van der Waals surface area (Å²) < 4.78 is 73.7. The molecule has 44 heavy (non-hydrogen) atoms. The number of nitrogens with zero attached hydrogens (tertiary/aromatic N) is 4. The van der Waals surface area contributed by atoms with Crippen LogP contribution in [-0.2, 0) is 21.2 Å². The van der Waals surface area contributed by atoms with Gasteiger partial charge in [0.15, 0.2) is 0 Å². The summed E-state index contributed by atoms with van der Waals surface area (Å²) in [5.41, 5.74) is 3.63. The van der Waals surface area contributed by atoms with Gasteiger partial charge in [0.25, 0.3) is 0 Å². The van der Waals surface area contributed by atoms with Crippen LogP contribution < -0.4 is 5.32 Å².